The molecule has 1 aromatic rings. The van der Waals surface area contributed by atoms with Crippen LogP contribution in [0, 0.1) is 11.3 Å². The van der Waals surface area contributed by atoms with Crippen molar-refractivity contribution in [1.29, 1.82) is 5.26 Å². The van der Waals surface area contributed by atoms with E-state index in [-0.39, 0.29) is 6.10 Å². The summed E-state index contributed by atoms with van der Waals surface area (Å²) in [5, 5.41) is 17.6. The van der Waals surface area contributed by atoms with Crippen LogP contribution in [-0.2, 0) is 0 Å². The minimum Gasteiger partial charge on any atom is -0.393 e. The van der Waals surface area contributed by atoms with Gasteiger partial charge in [-0.1, -0.05) is 64.2 Å². The molecule has 19 heavy (non-hydrogen) atoms. The van der Waals surface area contributed by atoms with E-state index < -0.39 is 0 Å². The van der Waals surface area contributed by atoms with Gasteiger partial charge in [-0.25, -0.2) is 0 Å². The summed E-state index contributed by atoms with van der Waals surface area (Å²) >= 11 is 0. The van der Waals surface area contributed by atoms with Gasteiger partial charge < -0.3 is 5.11 Å². The summed E-state index contributed by atoms with van der Waals surface area (Å²) in [5.74, 6) is 0. The molecule has 1 rings (SSSR count). The van der Waals surface area contributed by atoms with Gasteiger partial charge in [-0.05, 0) is 25.0 Å². The Morgan fingerprint density at radius 1 is 1.00 bits per heavy atom. The van der Waals surface area contributed by atoms with Crippen molar-refractivity contribution in [2.24, 2.45) is 0 Å². The van der Waals surface area contributed by atoms with Gasteiger partial charge in [0.1, 0.15) is 0 Å². The molecule has 0 radical (unpaired) electrons. The van der Waals surface area contributed by atoms with Crippen LogP contribution in [-0.4, -0.2) is 11.2 Å². The Labute approximate surface area is 118 Å². The zero-order chi connectivity index (χ0) is 14.3. The average Bonchev–Trinajstić information content (AvgIpc) is 2.45. The van der Waals surface area contributed by atoms with Gasteiger partial charge >= 0.3 is 0 Å². The van der Waals surface area contributed by atoms with Crippen molar-refractivity contribution in [3.05, 3.63) is 35.9 Å². The van der Waals surface area contributed by atoms with E-state index in [0.717, 1.165) is 19.3 Å². The van der Waals surface area contributed by atoms with Crippen LogP contribution >= 0.6 is 0 Å². The first-order valence-corrected chi connectivity index (χ1v) is 7.37. The monoisotopic (exact) mass is 261 g/mol. The number of rotatable bonds is 7. The second-order valence-electron chi connectivity index (χ2n) is 4.77. The summed E-state index contributed by atoms with van der Waals surface area (Å²) in [6.45, 7) is 4.33. The minimum absolute atomic E-state index is 0.0307. The van der Waals surface area contributed by atoms with Crippen molar-refractivity contribution in [2.45, 2.75) is 64.9 Å². The van der Waals surface area contributed by atoms with E-state index in [1.54, 1.807) is 12.1 Å². The molecule has 0 amide bonds. The van der Waals surface area contributed by atoms with Gasteiger partial charge in [-0.2, -0.15) is 5.26 Å². The summed E-state index contributed by atoms with van der Waals surface area (Å²) in [6.07, 6.45) is 8.15. The lowest BCUT2D eigenvalue weighted by Crippen LogP contribution is -2.04. The molecule has 0 bridgehead atoms. The molecule has 0 aromatic heterocycles. The van der Waals surface area contributed by atoms with E-state index in [1.165, 1.54) is 25.7 Å². The number of benzene rings is 1. The number of nitrogens with zero attached hydrogens (tertiary/aromatic N) is 1. The number of nitriles is 1. The molecule has 0 spiro atoms. The van der Waals surface area contributed by atoms with Crippen molar-refractivity contribution in [2.75, 3.05) is 0 Å². The molecule has 0 heterocycles. The van der Waals surface area contributed by atoms with Crippen molar-refractivity contribution in [1.82, 2.24) is 0 Å². The molecule has 2 heteroatoms. The second-order valence-corrected chi connectivity index (χ2v) is 4.77. The third-order valence-corrected chi connectivity index (χ3v) is 2.92. The number of unbranched alkanes of at least 4 members (excludes halogenated alkanes) is 3. The van der Waals surface area contributed by atoms with Gasteiger partial charge in [-0.3, -0.25) is 0 Å². The van der Waals surface area contributed by atoms with Crippen molar-refractivity contribution >= 4 is 0 Å². The first-order valence-electron chi connectivity index (χ1n) is 7.37. The summed E-state index contributed by atoms with van der Waals surface area (Å²) in [4.78, 5) is 0. The molecule has 0 saturated carbocycles. The molecule has 1 unspecified atom stereocenters. The smallest absolute Gasteiger partial charge is 0.0991 e. The maximum absolute atomic E-state index is 9.35. The van der Waals surface area contributed by atoms with Crippen LogP contribution in [0.15, 0.2) is 30.3 Å². The molecular formula is C17H27NO. The lowest BCUT2D eigenvalue weighted by atomic mass is 10.1. The Kier molecular flexibility index (Phi) is 12.2. The molecule has 0 fully saturated rings. The van der Waals surface area contributed by atoms with E-state index >= 15 is 0 Å². The Balaban J connectivity index is 0.000000356. The van der Waals surface area contributed by atoms with Crippen molar-refractivity contribution in [3.63, 3.8) is 0 Å². The molecule has 1 N–H and O–H groups in total. The highest BCUT2D eigenvalue weighted by molar-refractivity contribution is 5.27. The minimum atomic E-state index is -0.0307. The van der Waals surface area contributed by atoms with Crippen LogP contribution in [0.5, 0.6) is 0 Å². The highest BCUT2D eigenvalue weighted by atomic mass is 16.3. The zero-order valence-electron chi connectivity index (χ0n) is 12.3. The van der Waals surface area contributed by atoms with Crippen molar-refractivity contribution in [3.8, 4) is 6.07 Å². The van der Waals surface area contributed by atoms with Crippen LogP contribution in [0.2, 0.25) is 0 Å². The van der Waals surface area contributed by atoms with Gasteiger partial charge in [-0.15, -0.1) is 0 Å². The van der Waals surface area contributed by atoms with E-state index in [4.69, 9.17) is 5.26 Å². The summed E-state index contributed by atoms with van der Waals surface area (Å²) < 4.78 is 0. The maximum Gasteiger partial charge on any atom is 0.0991 e. The molecule has 1 atom stereocenters. The highest BCUT2D eigenvalue weighted by Crippen LogP contribution is 2.08. The van der Waals surface area contributed by atoms with Crippen LogP contribution in [0.1, 0.15) is 64.4 Å². The van der Waals surface area contributed by atoms with Crippen LogP contribution in [0.25, 0.3) is 0 Å². The fourth-order valence-electron chi connectivity index (χ4n) is 1.80. The first-order chi connectivity index (χ1) is 9.24. The Morgan fingerprint density at radius 2 is 1.68 bits per heavy atom. The van der Waals surface area contributed by atoms with Crippen molar-refractivity contribution < 1.29 is 5.11 Å². The van der Waals surface area contributed by atoms with E-state index in [1.807, 2.05) is 24.3 Å². The predicted octanol–water partition coefficient (Wildman–Crippen LogP) is 4.68. The molecule has 0 aliphatic heterocycles. The quantitative estimate of drug-likeness (QED) is 0.724. The highest BCUT2D eigenvalue weighted by Gasteiger charge is 2.00. The van der Waals surface area contributed by atoms with E-state index in [2.05, 4.69) is 13.8 Å². The lowest BCUT2D eigenvalue weighted by Gasteiger charge is -2.07. The maximum atomic E-state index is 9.35. The second kappa shape index (κ2) is 13.1. The standard InChI is InChI=1S/C10H22O.C7H5N/c1-3-5-6-7-9-10(11)8-4-2;8-6-7-4-2-1-3-5-7/h10-11H,3-9H2,1-2H3;1-5H. The van der Waals surface area contributed by atoms with Crippen LogP contribution in [0.3, 0.4) is 0 Å². The molecule has 1 aromatic carbocycles. The predicted molar refractivity (Wildman–Crippen MR) is 80.8 cm³/mol. The number of aliphatic hydroxyl groups is 1. The third kappa shape index (κ3) is 11.5. The molecule has 2 nitrogen and oxygen atoms in total. The van der Waals surface area contributed by atoms with Crippen LogP contribution < -0.4 is 0 Å². The SMILES string of the molecule is CCCCCCC(O)CCC.N#Cc1ccccc1. The molecule has 0 saturated heterocycles. The average molecular weight is 261 g/mol. The fraction of sp³-hybridized carbons (Fsp3) is 0.588. The van der Waals surface area contributed by atoms with Crippen LogP contribution in [0.4, 0.5) is 0 Å². The van der Waals surface area contributed by atoms with Gasteiger partial charge in [0.05, 0.1) is 17.7 Å². The van der Waals surface area contributed by atoms with E-state index in [9.17, 15) is 5.11 Å². The molecular weight excluding hydrogens is 234 g/mol. The number of aliphatic hydroxyl groups excluding tert-OH is 1. The van der Waals surface area contributed by atoms with Gasteiger partial charge in [0.25, 0.3) is 0 Å². The van der Waals surface area contributed by atoms with Gasteiger partial charge in [0, 0.05) is 0 Å². The normalized spacial score (nSPS) is 11.1. The largest absolute Gasteiger partial charge is 0.393 e. The van der Waals surface area contributed by atoms with Gasteiger partial charge in [0.2, 0.25) is 0 Å². The molecule has 0 aliphatic carbocycles. The summed E-state index contributed by atoms with van der Waals surface area (Å²) in [6, 6.07) is 11.2. The number of hydrogen-bond acceptors (Lipinski definition) is 2. The summed E-state index contributed by atoms with van der Waals surface area (Å²) in [5.41, 5.74) is 0.715. The Hall–Kier alpha value is -1.33. The van der Waals surface area contributed by atoms with E-state index in [0.29, 0.717) is 5.56 Å². The summed E-state index contributed by atoms with van der Waals surface area (Å²) in [7, 11) is 0. The topological polar surface area (TPSA) is 44.0 Å². The Morgan fingerprint density at radius 3 is 2.16 bits per heavy atom. The first kappa shape index (κ1) is 17.7. The molecule has 0 aliphatic rings. The zero-order valence-corrected chi connectivity index (χ0v) is 12.3. The lowest BCUT2D eigenvalue weighted by molar-refractivity contribution is 0.150. The molecule has 106 valence electrons. The third-order valence-electron chi connectivity index (χ3n) is 2.92. The van der Waals surface area contributed by atoms with Gasteiger partial charge in [0.15, 0.2) is 0 Å². The fourth-order valence-corrected chi connectivity index (χ4v) is 1.80. The number of hydrogen-bond donors (Lipinski definition) is 1. The Bertz CT molecular complexity index is 329.